The average molecular weight is 300 g/mol. The Morgan fingerprint density at radius 1 is 1.05 bits per heavy atom. The first-order chi connectivity index (χ1) is 10.4. The highest BCUT2D eigenvalue weighted by Gasteiger charge is 2.77. The smallest absolute Gasteiger partial charge is 0.155 e. The zero-order chi connectivity index (χ0) is 15.3. The number of ether oxygens (including phenoxy) is 1. The highest BCUT2D eigenvalue weighted by Crippen LogP contribution is 2.73. The summed E-state index contributed by atoms with van der Waals surface area (Å²) >= 11 is 0. The van der Waals surface area contributed by atoms with E-state index in [1.54, 1.807) is 0 Å². The van der Waals surface area contributed by atoms with Gasteiger partial charge in [0.05, 0.1) is 6.10 Å². The molecule has 4 aliphatic carbocycles. The van der Waals surface area contributed by atoms with E-state index in [-0.39, 0.29) is 28.3 Å². The number of carbonyl (C=O) groups is 2. The van der Waals surface area contributed by atoms with Crippen LogP contribution in [-0.2, 0) is 14.3 Å². The van der Waals surface area contributed by atoms with E-state index in [4.69, 9.17) is 4.74 Å². The highest BCUT2D eigenvalue weighted by atomic mass is 16.6. The van der Waals surface area contributed by atoms with Gasteiger partial charge in [-0.25, -0.2) is 0 Å². The van der Waals surface area contributed by atoms with Crippen molar-refractivity contribution in [2.75, 3.05) is 0 Å². The molecule has 1 saturated heterocycles. The molecule has 6 atom stereocenters. The minimum absolute atomic E-state index is 0.0500. The summed E-state index contributed by atoms with van der Waals surface area (Å²) in [6.45, 7) is 4.55. The molecule has 118 valence electrons. The van der Waals surface area contributed by atoms with Gasteiger partial charge in [0.25, 0.3) is 0 Å². The summed E-state index contributed by atoms with van der Waals surface area (Å²) in [5, 5.41) is 0. The minimum Gasteiger partial charge on any atom is -0.365 e. The van der Waals surface area contributed by atoms with Gasteiger partial charge in [0, 0.05) is 24.2 Å². The predicted octanol–water partition coefficient (Wildman–Crippen LogP) is 3.22. The number of epoxide rings is 1. The molecule has 3 heteroatoms. The summed E-state index contributed by atoms with van der Waals surface area (Å²) < 4.78 is 6.38. The molecule has 4 fully saturated rings. The van der Waals surface area contributed by atoms with Gasteiger partial charge in [-0.2, -0.15) is 0 Å². The lowest BCUT2D eigenvalue weighted by molar-refractivity contribution is -0.133. The monoisotopic (exact) mass is 300 g/mol. The van der Waals surface area contributed by atoms with E-state index < -0.39 is 0 Å². The number of rotatable bonds is 0. The van der Waals surface area contributed by atoms with Gasteiger partial charge in [0.1, 0.15) is 11.4 Å². The van der Waals surface area contributed by atoms with Crippen LogP contribution >= 0.6 is 0 Å². The molecule has 1 heterocycles. The quantitative estimate of drug-likeness (QED) is 0.645. The molecule has 0 radical (unpaired) electrons. The van der Waals surface area contributed by atoms with Crippen LogP contribution in [0.25, 0.3) is 0 Å². The number of carbonyl (C=O) groups excluding carboxylic acids is 2. The first-order valence-electron chi connectivity index (χ1n) is 8.86. The Hall–Kier alpha value is -0.960. The van der Waals surface area contributed by atoms with E-state index in [1.165, 1.54) is 5.57 Å². The van der Waals surface area contributed by atoms with Gasteiger partial charge in [0.15, 0.2) is 5.78 Å². The first-order valence-corrected chi connectivity index (χ1v) is 8.86. The van der Waals surface area contributed by atoms with Gasteiger partial charge >= 0.3 is 0 Å². The first kappa shape index (κ1) is 13.5. The van der Waals surface area contributed by atoms with Crippen molar-refractivity contribution >= 4 is 11.6 Å². The van der Waals surface area contributed by atoms with Crippen LogP contribution in [0.4, 0.5) is 0 Å². The molecule has 3 nitrogen and oxygen atoms in total. The van der Waals surface area contributed by atoms with E-state index in [1.807, 2.05) is 6.08 Å². The van der Waals surface area contributed by atoms with E-state index in [2.05, 4.69) is 13.8 Å². The van der Waals surface area contributed by atoms with Crippen molar-refractivity contribution in [3.63, 3.8) is 0 Å². The second-order valence-electron chi connectivity index (χ2n) is 8.74. The van der Waals surface area contributed by atoms with E-state index >= 15 is 0 Å². The highest BCUT2D eigenvalue weighted by molar-refractivity contribution is 5.92. The van der Waals surface area contributed by atoms with Crippen LogP contribution in [0.5, 0.6) is 0 Å². The Morgan fingerprint density at radius 3 is 2.64 bits per heavy atom. The van der Waals surface area contributed by atoms with Gasteiger partial charge in [-0.05, 0) is 49.5 Å². The molecule has 0 aromatic rings. The molecule has 5 rings (SSSR count). The fraction of sp³-hybridized carbons (Fsp3) is 0.789. The number of Topliss-reactive ketones (excluding diaryl/α,β-unsaturated/α-hetero) is 1. The molecule has 0 aromatic carbocycles. The van der Waals surface area contributed by atoms with Crippen molar-refractivity contribution in [2.24, 2.45) is 22.7 Å². The maximum atomic E-state index is 12.5. The Labute approximate surface area is 131 Å². The van der Waals surface area contributed by atoms with Crippen molar-refractivity contribution in [3.05, 3.63) is 11.6 Å². The molecule has 0 aromatic heterocycles. The number of fused-ring (bicyclic) bond motifs is 3. The van der Waals surface area contributed by atoms with E-state index in [9.17, 15) is 9.59 Å². The lowest BCUT2D eigenvalue weighted by Gasteiger charge is -2.54. The number of ketones is 2. The normalized spacial score (nSPS) is 55.7. The van der Waals surface area contributed by atoms with Crippen LogP contribution in [0.3, 0.4) is 0 Å². The fourth-order valence-electron chi connectivity index (χ4n) is 6.73. The minimum atomic E-state index is -0.146. The van der Waals surface area contributed by atoms with Crippen LogP contribution in [0.15, 0.2) is 11.6 Å². The van der Waals surface area contributed by atoms with Crippen LogP contribution in [0.2, 0.25) is 0 Å². The van der Waals surface area contributed by atoms with Crippen molar-refractivity contribution in [2.45, 2.75) is 70.5 Å². The lowest BCUT2D eigenvalue weighted by Crippen LogP contribution is -2.56. The summed E-state index contributed by atoms with van der Waals surface area (Å²) in [6, 6.07) is 0. The van der Waals surface area contributed by atoms with Gasteiger partial charge in [-0.1, -0.05) is 19.4 Å². The van der Waals surface area contributed by atoms with Crippen molar-refractivity contribution in [1.29, 1.82) is 0 Å². The summed E-state index contributed by atoms with van der Waals surface area (Å²) in [5.41, 5.74) is 1.26. The molecule has 0 bridgehead atoms. The summed E-state index contributed by atoms with van der Waals surface area (Å²) in [5.74, 6) is 1.66. The largest absolute Gasteiger partial charge is 0.365 e. The summed E-state index contributed by atoms with van der Waals surface area (Å²) in [6.07, 6.45) is 8.59. The van der Waals surface area contributed by atoms with Crippen LogP contribution in [0.1, 0.15) is 58.8 Å². The Bertz CT molecular complexity index is 635. The molecule has 3 saturated carbocycles. The third kappa shape index (κ3) is 1.30. The maximum absolute atomic E-state index is 12.5. The van der Waals surface area contributed by atoms with Crippen LogP contribution < -0.4 is 0 Å². The van der Waals surface area contributed by atoms with Crippen molar-refractivity contribution in [1.82, 2.24) is 0 Å². The predicted molar refractivity (Wildman–Crippen MR) is 81.2 cm³/mol. The Morgan fingerprint density at radius 2 is 1.82 bits per heavy atom. The number of hydrogen-bond acceptors (Lipinski definition) is 3. The molecule has 22 heavy (non-hydrogen) atoms. The van der Waals surface area contributed by atoms with Gasteiger partial charge < -0.3 is 4.74 Å². The molecule has 1 aliphatic heterocycles. The second-order valence-corrected chi connectivity index (χ2v) is 8.74. The van der Waals surface area contributed by atoms with Crippen molar-refractivity contribution in [3.8, 4) is 0 Å². The topological polar surface area (TPSA) is 46.7 Å². The van der Waals surface area contributed by atoms with Crippen LogP contribution in [-0.4, -0.2) is 23.3 Å². The van der Waals surface area contributed by atoms with E-state index in [0.29, 0.717) is 24.0 Å². The number of hydrogen-bond donors (Lipinski definition) is 0. The third-order valence-electron chi connectivity index (χ3n) is 8.03. The summed E-state index contributed by atoms with van der Waals surface area (Å²) in [7, 11) is 0. The Kier molecular flexibility index (Phi) is 2.29. The SMILES string of the molecule is C[C@]12CCC(=O)C=C1CC1O[C@@]13[C@@H]2CC[C@]1(C)C(=O)CC[C@@H]31. The van der Waals surface area contributed by atoms with Gasteiger partial charge in [-0.15, -0.1) is 0 Å². The molecule has 1 spiro atoms. The lowest BCUT2D eigenvalue weighted by atomic mass is 9.47. The molecule has 0 amide bonds. The molecule has 0 N–H and O–H groups in total. The van der Waals surface area contributed by atoms with Gasteiger partial charge in [0.2, 0.25) is 0 Å². The van der Waals surface area contributed by atoms with Gasteiger partial charge in [-0.3, -0.25) is 9.59 Å². The van der Waals surface area contributed by atoms with E-state index in [0.717, 1.165) is 38.5 Å². The van der Waals surface area contributed by atoms with Crippen molar-refractivity contribution < 1.29 is 14.3 Å². The molecular formula is C19H24O3. The second kappa shape index (κ2) is 3.75. The zero-order valence-electron chi connectivity index (χ0n) is 13.5. The molecular weight excluding hydrogens is 276 g/mol. The Balaban J connectivity index is 1.61. The standard InChI is InChI=1S/C19H24O3/c1-17-7-5-12(20)9-11(17)10-16-19(22-16)13-3-4-15(21)18(13,2)8-6-14(17)19/h9,13-14,16H,3-8,10H2,1-2H3/t13-,14-,16?,17+,18+,19+/m1/s1. The maximum Gasteiger partial charge on any atom is 0.155 e. The van der Waals surface area contributed by atoms with Crippen LogP contribution in [0, 0.1) is 22.7 Å². The fourth-order valence-corrected chi connectivity index (χ4v) is 6.73. The average Bonchev–Trinajstić information content (AvgIpc) is 3.08. The third-order valence-corrected chi connectivity index (χ3v) is 8.03. The molecule has 5 aliphatic rings. The molecule has 1 unspecified atom stereocenters. The summed E-state index contributed by atoms with van der Waals surface area (Å²) in [4.78, 5) is 24.3. The zero-order valence-corrected chi connectivity index (χ0v) is 13.5.